The molecular formula is C11H15NO4S. The largest absolute Gasteiger partial charge is 0.481 e. The van der Waals surface area contributed by atoms with E-state index in [0.717, 1.165) is 4.31 Å². The van der Waals surface area contributed by atoms with E-state index in [1.165, 1.54) is 38.4 Å². The molecule has 0 aliphatic heterocycles. The predicted molar refractivity (Wildman–Crippen MR) is 63.4 cm³/mol. The molecule has 0 aliphatic carbocycles. The zero-order valence-electron chi connectivity index (χ0n) is 9.91. The average molecular weight is 257 g/mol. The summed E-state index contributed by atoms with van der Waals surface area (Å²) in [4.78, 5) is 10.9. The van der Waals surface area contributed by atoms with Gasteiger partial charge in [-0.25, -0.2) is 12.7 Å². The van der Waals surface area contributed by atoms with E-state index in [0.29, 0.717) is 5.56 Å². The van der Waals surface area contributed by atoms with E-state index in [4.69, 9.17) is 5.11 Å². The summed E-state index contributed by atoms with van der Waals surface area (Å²) >= 11 is 0. The SMILES string of the molecule is C[C@@H](C(=O)O)c1ccc(S(=O)(=O)N(C)C)cc1. The number of sulfonamides is 1. The van der Waals surface area contributed by atoms with Crippen molar-refractivity contribution in [2.24, 2.45) is 0 Å². The van der Waals surface area contributed by atoms with Crippen LogP contribution in [0.15, 0.2) is 29.2 Å². The Labute approximate surface area is 101 Å². The zero-order valence-corrected chi connectivity index (χ0v) is 10.7. The summed E-state index contributed by atoms with van der Waals surface area (Å²) < 4.78 is 24.6. The normalized spacial score (nSPS) is 13.6. The highest BCUT2D eigenvalue weighted by Gasteiger charge is 2.18. The van der Waals surface area contributed by atoms with Crippen LogP contribution in [-0.2, 0) is 14.8 Å². The Bertz CT molecular complexity index is 505. The summed E-state index contributed by atoms with van der Waals surface area (Å²) in [6, 6.07) is 5.89. The molecular weight excluding hydrogens is 242 g/mol. The number of carbonyl (C=O) groups is 1. The molecule has 0 fully saturated rings. The van der Waals surface area contributed by atoms with E-state index >= 15 is 0 Å². The molecule has 1 aromatic carbocycles. The van der Waals surface area contributed by atoms with Crippen LogP contribution in [-0.4, -0.2) is 37.9 Å². The molecule has 6 heteroatoms. The first-order valence-corrected chi connectivity index (χ1v) is 6.46. The molecule has 0 aliphatic rings. The van der Waals surface area contributed by atoms with Crippen molar-refractivity contribution >= 4 is 16.0 Å². The quantitative estimate of drug-likeness (QED) is 0.877. The molecule has 0 unspecified atom stereocenters. The average Bonchev–Trinajstić information content (AvgIpc) is 2.27. The first-order chi connectivity index (χ1) is 7.76. The molecule has 0 aromatic heterocycles. The van der Waals surface area contributed by atoms with Crippen molar-refractivity contribution in [3.05, 3.63) is 29.8 Å². The van der Waals surface area contributed by atoms with Gasteiger partial charge < -0.3 is 5.11 Å². The van der Waals surface area contributed by atoms with Crippen molar-refractivity contribution < 1.29 is 18.3 Å². The third-order valence-electron chi connectivity index (χ3n) is 2.53. The second kappa shape index (κ2) is 4.85. The van der Waals surface area contributed by atoms with Gasteiger partial charge in [0.25, 0.3) is 0 Å². The Kier molecular flexibility index (Phi) is 3.90. The summed E-state index contributed by atoms with van der Waals surface area (Å²) in [5, 5.41) is 8.83. The number of carboxylic acid groups (broad SMARTS) is 1. The van der Waals surface area contributed by atoms with Crippen molar-refractivity contribution in [3.8, 4) is 0 Å². The Hall–Kier alpha value is -1.40. The second-order valence-electron chi connectivity index (χ2n) is 3.92. The Morgan fingerprint density at radius 2 is 1.71 bits per heavy atom. The first kappa shape index (κ1) is 13.7. The molecule has 94 valence electrons. The minimum Gasteiger partial charge on any atom is -0.481 e. The summed E-state index contributed by atoms with van der Waals surface area (Å²) in [5.74, 6) is -1.58. The third kappa shape index (κ3) is 2.83. The molecule has 17 heavy (non-hydrogen) atoms. The van der Waals surface area contributed by atoms with Crippen LogP contribution in [0, 0.1) is 0 Å². The maximum absolute atomic E-state index is 11.8. The summed E-state index contributed by atoms with van der Waals surface area (Å²) in [6.45, 7) is 1.55. The van der Waals surface area contributed by atoms with Gasteiger partial charge >= 0.3 is 5.97 Å². The van der Waals surface area contributed by atoms with Gasteiger partial charge in [-0.15, -0.1) is 0 Å². The predicted octanol–water partition coefficient (Wildman–Crippen LogP) is 1.12. The van der Waals surface area contributed by atoms with E-state index in [9.17, 15) is 13.2 Å². The molecule has 1 aromatic rings. The summed E-state index contributed by atoms with van der Waals surface area (Å²) in [6.07, 6.45) is 0. The molecule has 0 saturated carbocycles. The lowest BCUT2D eigenvalue weighted by Gasteiger charge is -2.12. The number of nitrogens with zero attached hydrogens (tertiary/aromatic N) is 1. The Morgan fingerprint density at radius 1 is 1.24 bits per heavy atom. The van der Waals surface area contributed by atoms with Crippen LogP contribution in [0.1, 0.15) is 18.4 Å². The van der Waals surface area contributed by atoms with E-state index in [1.54, 1.807) is 6.92 Å². The van der Waals surface area contributed by atoms with Crippen molar-refractivity contribution in [2.75, 3.05) is 14.1 Å². The Balaban J connectivity index is 3.09. The van der Waals surface area contributed by atoms with Gasteiger partial charge in [-0.1, -0.05) is 12.1 Å². The monoisotopic (exact) mass is 257 g/mol. The molecule has 1 N–H and O–H groups in total. The van der Waals surface area contributed by atoms with Gasteiger partial charge in [0.15, 0.2) is 0 Å². The zero-order chi connectivity index (χ0) is 13.2. The van der Waals surface area contributed by atoms with Crippen LogP contribution in [0.2, 0.25) is 0 Å². The van der Waals surface area contributed by atoms with Crippen molar-refractivity contribution in [3.63, 3.8) is 0 Å². The van der Waals surface area contributed by atoms with Gasteiger partial charge in [0.2, 0.25) is 10.0 Å². The number of aliphatic carboxylic acids is 1. The first-order valence-electron chi connectivity index (χ1n) is 5.02. The number of hydrogen-bond donors (Lipinski definition) is 1. The van der Waals surface area contributed by atoms with Crippen LogP contribution >= 0.6 is 0 Å². The van der Waals surface area contributed by atoms with Gasteiger partial charge in [-0.3, -0.25) is 4.79 Å². The molecule has 0 heterocycles. The van der Waals surface area contributed by atoms with Crippen LogP contribution in [0.5, 0.6) is 0 Å². The number of carboxylic acids is 1. The number of rotatable bonds is 4. The van der Waals surface area contributed by atoms with Gasteiger partial charge in [-0.05, 0) is 24.6 Å². The summed E-state index contributed by atoms with van der Waals surface area (Å²) in [7, 11) is -0.559. The smallest absolute Gasteiger partial charge is 0.310 e. The lowest BCUT2D eigenvalue weighted by molar-refractivity contribution is -0.138. The van der Waals surface area contributed by atoms with Crippen LogP contribution in [0.3, 0.4) is 0 Å². The summed E-state index contributed by atoms with van der Waals surface area (Å²) in [5.41, 5.74) is 0.579. The fourth-order valence-electron chi connectivity index (χ4n) is 1.28. The minimum atomic E-state index is -3.45. The maximum atomic E-state index is 11.8. The van der Waals surface area contributed by atoms with E-state index < -0.39 is 21.9 Å². The molecule has 0 radical (unpaired) electrons. The van der Waals surface area contributed by atoms with E-state index in [-0.39, 0.29) is 4.90 Å². The lowest BCUT2D eigenvalue weighted by Crippen LogP contribution is -2.22. The highest BCUT2D eigenvalue weighted by Crippen LogP contribution is 2.19. The van der Waals surface area contributed by atoms with Gasteiger partial charge in [0, 0.05) is 14.1 Å². The molecule has 1 rings (SSSR count). The molecule has 5 nitrogen and oxygen atoms in total. The highest BCUT2D eigenvalue weighted by molar-refractivity contribution is 7.89. The van der Waals surface area contributed by atoms with Crippen LogP contribution in [0.25, 0.3) is 0 Å². The van der Waals surface area contributed by atoms with Crippen molar-refractivity contribution in [2.45, 2.75) is 17.7 Å². The van der Waals surface area contributed by atoms with Crippen LogP contribution < -0.4 is 0 Å². The lowest BCUT2D eigenvalue weighted by atomic mass is 10.0. The molecule has 0 spiro atoms. The maximum Gasteiger partial charge on any atom is 0.310 e. The fourth-order valence-corrected chi connectivity index (χ4v) is 2.18. The fraction of sp³-hybridized carbons (Fsp3) is 0.364. The van der Waals surface area contributed by atoms with Crippen molar-refractivity contribution in [1.82, 2.24) is 4.31 Å². The van der Waals surface area contributed by atoms with Gasteiger partial charge in [0.05, 0.1) is 10.8 Å². The van der Waals surface area contributed by atoms with Crippen LogP contribution in [0.4, 0.5) is 0 Å². The van der Waals surface area contributed by atoms with Crippen molar-refractivity contribution in [1.29, 1.82) is 0 Å². The number of benzene rings is 1. The van der Waals surface area contributed by atoms with Gasteiger partial charge in [-0.2, -0.15) is 0 Å². The van der Waals surface area contributed by atoms with E-state index in [1.807, 2.05) is 0 Å². The highest BCUT2D eigenvalue weighted by atomic mass is 32.2. The Morgan fingerprint density at radius 3 is 2.06 bits per heavy atom. The molecule has 0 amide bonds. The molecule has 0 saturated heterocycles. The molecule has 0 bridgehead atoms. The third-order valence-corrected chi connectivity index (χ3v) is 4.36. The second-order valence-corrected chi connectivity index (χ2v) is 6.07. The topological polar surface area (TPSA) is 74.7 Å². The minimum absolute atomic E-state index is 0.156. The number of hydrogen-bond acceptors (Lipinski definition) is 3. The van der Waals surface area contributed by atoms with E-state index in [2.05, 4.69) is 0 Å². The van der Waals surface area contributed by atoms with Gasteiger partial charge in [0.1, 0.15) is 0 Å². The standard InChI is InChI=1S/C11H15NO4S/c1-8(11(13)14)9-4-6-10(7-5-9)17(15,16)12(2)3/h4-8H,1-3H3,(H,13,14)/t8-/m1/s1. The molecule has 1 atom stereocenters.